The first kappa shape index (κ1) is 23.4. The smallest absolute Gasteiger partial charge is 0.335 e. The molecule has 0 saturated carbocycles. The number of nitrogens with two attached hydrogens (primary N) is 1. The molecule has 2 rings (SSSR count). The maximum absolute atomic E-state index is 12.7. The molecule has 0 aliphatic carbocycles. The average molecular weight is 481 g/mol. The number of hydrogen-bond donors (Lipinski definition) is 3. The summed E-state index contributed by atoms with van der Waals surface area (Å²) in [6, 6.07) is 3.34. The number of aryl methyl sites for hydroxylation is 1. The fraction of sp³-hybridized carbons (Fsp3) is 0.308. The Labute approximate surface area is 173 Å². The van der Waals surface area contributed by atoms with Gasteiger partial charge >= 0.3 is 5.97 Å². The van der Waals surface area contributed by atoms with E-state index < -0.39 is 35.4 Å². The van der Waals surface area contributed by atoms with Crippen molar-refractivity contribution in [3.05, 3.63) is 39.4 Å². The number of nitrogens with one attached hydrogen (secondary N) is 1. The highest BCUT2D eigenvalue weighted by Gasteiger charge is 2.23. The van der Waals surface area contributed by atoms with Crippen LogP contribution in [0.25, 0.3) is 0 Å². The van der Waals surface area contributed by atoms with Crippen molar-refractivity contribution in [1.82, 2.24) is 10.2 Å². The van der Waals surface area contributed by atoms with E-state index in [2.05, 4.69) is 19.8 Å². The Morgan fingerprint density at radius 1 is 1.27 bits per heavy atom. The molecule has 0 unspecified atom stereocenters. The van der Waals surface area contributed by atoms with Gasteiger partial charge in [-0.15, -0.1) is 20.3 Å². The van der Waals surface area contributed by atoms with E-state index in [0.29, 0.717) is 11.3 Å². The zero-order valence-corrected chi connectivity index (χ0v) is 17.4. The number of rotatable bonds is 11. The Balaban J connectivity index is 2.27. The van der Waals surface area contributed by atoms with Crippen LogP contribution in [0.2, 0.25) is 0 Å². The SMILES string of the molecule is NS(=O)(=O)c1nnc(NS(=O)(=O)c2ccc(C(=O)O)cc2CCCCO[N+](=O)[O-])s1. The molecule has 0 fully saturated rings. The number of unbranched alkanes of at least 4 members (excludes halogenated alkanes) is 1. The van der Waals surface area contributed by atoms with Crippen molar-refractivity contribution in [2.24, 2.45) is 5.14 Å². The first-order valence-electron chi connectivity index (χ1n) is 7.93. The van der Waals surface area contributed by atoms with Gasteiger partial charge in [0.1, 0.15) is 0 Å². The molecule has 0 spiro atoms. The van der Waals surface area contributed by atoms with Gasteiger partial charge in [-0.05, 0) is 43.0 Å². The molecule has 17 heteroatoms. The van der Waals surface area contributed by atoms with Crippen LogP contribution in [-0.4, -0.2) is 49.8 Å². The van der Waals surface area contributed by atoms with Crippen molar-refractivity contribution in [2.75, 3.05) is 11.3 Å². The number of sulfonamides is 2. The predicted molar refractivity (Wildman–Crippen MR) is 101 cm³/mol. The van der Waals surface area contributed by atoms with Crippen LogP contribution in [0, 0.1) is 10.1 Å². The number of hydrogen-bond acceptors (Lipinski definition) is 11. The van der Waals surface area contributed by atoms with Gasteiger partial charge in [-0.1, -0.05) is 11.3 Å². The Morgan fingerprint density at radius 3 is 2.53 bits per heavy atom. The van der Waals surface area contributed by atoms with E-state index in [-0.39, 0.29) is 47.0 Å². The molecular formula is C13H15N5O9S3. The van der Waals surface area contributed by atoms with E-state index in [0.717, 1.165) is 12.1 Å². The molecule has 2 aromatic rings. The number of aromatic nitrogens is 2. The van der Waals surface area contributed by atoms with Gasteiger partial charge in [-0.25, -0.2) is 26.8 Å². The third-order valence-corrected chi connectivity index (χ3v) is 7.22. The molecule has 1 heterocycles. The van der Waals surface area contributed by atoms with E-state index in [4.69, 9.17) is 10.2 Å². The molecule has 14 nitrogen and oxygen atoms in total. The Morgan fingerprint density at radius 2 is 1.97 bits per heavy atom. The van der Waals surface area contributed by atoms with Crippen LogP contribution in [0.15, 0.2) is 27.4 Å². The molecule has 1 aromatic carbocycles. The van der Waals surface area contributed by atoms with Crippen LogP contribution >= 0.6 is 11.3 Å². The summed E-state index contributed by atoms with van der Waals surface area (Å²) in [5.74, 6) is -1.27. The van der Waals surface area contributed by atoms with E-state index >= 15 is 0 Å². The zero-order valence-electron chi connectivity index (χ0n) is 14.9. The van der Waals surface area contributed by atoms with Crippen LogP contribution in [0.3, 0.4) is 0 Å². The number of aromatic carboxylic acids is 1. The maximum atomic E-state index is 12.7. The second-order valence-electron chi connectivity index (χ2n) is 5.67. The molecule has 0 amide bonds. The standard InChI is InChI=1S/C13H15N5O9S3/c14-29(23,24)13-16-15-12(28-13)17-30(25,26)10-5-4-9(11(19)20)7-8(10)3-1-2-6-27-18(21)22/h4-5,7H,1-3,6H2,(H,15,17)(H,19,20)(H2,14,23,24). The van der Waals surface area contributed by atoms with Crippen LogP contribution in [0.1, 0.15) is 28.8 Å². The Bertz CT molecular complexity index is 1160. The third-order valence-electron chi connectivity index (χ3n) is 3.51. The highest BCUT2D eigenvalue weighted by atomic mass is 32.2. The molecule has 0 aliphatic heterocycles. The van der Waals surface area contributed by atoms with Crippen LogP contribution < -0.4 is 9.86 Å². The summed E-state index contributed by atoms with van der Waals surface area (Å²) in [4.78, 5) is 25.3. The van der Waals surface area contributed by atoms with Crippen molar-refractivity contribution in [1.29, 1.82) is 0 Å². The number of benzene rings is 1. The summed E-state index contributed by atoms with van der Waals surface area (Å²) in [5, 5.41) is 29.6. The molecule has 4 N–H and O–H groups in total. The van der Waals surface area contributed by atoms with Crippen molar-refractivity contribution < 1.29 is 36.7 Å². The molecule has 0 aliphatic rings. The van der Waals surface area contributed by atoms with Crippen molar-refractivity contribution in [3.63, 3.8) is 0 Å². The molecule has 164 valence electrons. The normalized spacial score (nSPS) is 11.8. The van der Waals surface area contributed by atoms with Crippen LogP contribution in [-0.2, 0) is 31.3 Å². The molecule has 0 bridgehead atoms. The summed E-state index contributed by atoms with van der Waals surface area (Å²) < 4.78 is 49.4. The minimum absolute atomic E-state index is 0.0803. The van der Waals surface area contributed by atoms with Crippen LogP contribution in [0.4, 0.5) is 5.13 Å². The number of anilines is 1. The number of carboxylic acids is 1. The lowest BCUT2D eigenvalue weighted by molar-refractivity contribution is -0.757. The fourth-order valence-electron chi connectivity index (χ4n) is 2.26. The second kappa shape index (κ2) is 9.28. The highest BCUT2D eigenvalue weighted by Crippen LogP contribution is 2.25. The molecular weight excluding hydrogens is 466 g/mol. The second-order valence-corrected chi connectivity index (χ2v) is 10.0. The third kappa shape index (κ3) is 6.31. The molecule has 0 saturated heterocycles. The van der Waals surface area contributed by atoms with Gasteiger partial charge in [0.2, 0.25) is 9.47 Å². The number of carboxylic acid groups (broad SMARTS) is 1. The lowest BCUT2D eigenvalue weighted by Crippen LogP contribution is -2.16. The van der Waals surface area contributed by atoms with Gasteiger partial charge < -0.3 is 9.94 Å². The summed E-state index contributed by atoms with van der Waals surface area (Å²) in [5.41, 5.74) is -0.0161. The quantitative estimate of drug-likeness (QED) is 0.223. The van der Waals surface area contributed by atoms with Gasteiger partial charge in [0.15, 0.2) is 0 Å². The minimum atomic E-state index is -4.28. The van der Waals surface area contributed by atoms with Gasteiger partial charge in [-0.3, -0.25) is 4.72 Å². The van der Waals surface area contributed by atoms with Crippen molar-refractivity contribution >= 4 is 42.5 Å². The topological polar surface area (TPSA) is 222 Å². The van der Waals surface area contributed by atoms with Gasteiger partial charge in [-0.2, -0.15) is 0 Å². The molecule has 1 aromatic heterocycles. The summed E-state index contributed by atoms with van der Waals surface area (Å²) in [7, 11) is -8.45. The van der Waals surface area contributed by atoms with Gasteiger partial charge in [0.05, 0.1) is 17.1 Å². The lowest BCUT2D eigenvalue weighted by Gasteiger charge is -2.12. The van der Waals surface area contributed by atoms with Crippen LogP contribution in [0.5, 0.6) is 0 Å². The summed E-state index contributed by atoms with van der Waals surface area (Å²) >= 11 is 0.402. The number of nitrogens with zero attached hydrogens (tertiary/aromatic N) is 3. The number of carbonyl (C=O) groups is 1. The summed E-state index contributed by atoms with van der Waals surface area (Å²) in [6.07, 6.45) is 0.574. The van der Waals surface area contributed by atoms with Gasteiger partial charge in [0, 0.05) is 0 Å². The van der Waals surface area contributed by atoms with Crippen molar-refractivity contribution in [3.8, 4) is 0 Å². The molecule has 0 atom stereocenters. The van der Waals surface area contributed by atoms with Crippen molar-refractivity contribution in [2.45, 2.75) is 28.5 Å². The first-order valence-corrected chi connectivity index (χ1v) is 11.8. The highest BCUT2D eigenvalue weighted by molar-refractivity contribution is 7.93. The maximum Gasteiger partial charge on any atom is 0.335 e. The lowest BCUT2D eigenvalue weighted by atomic mass is 10.1. The van der Waals surface area contributed by atoms with E-state index in [1.807, 2.05) is 0 Å². The Hall–Kier alpha value is -2.89. The Kier molecular flexibility index (Phi) is 7.24. The minimum Gasteiger partial charge on any atom is -0.478 e. The predicted octanol–water partition coefficient (Wildman–Crippen LogP) is 0.216. The van der Waals surface area contributed by atoms with E-state index in [1.165, 1.54) is 6.07 Å². The molecule has 0 radical (unpaired) electrons. The molecule has 30 heavy (non-hydrogen) atoms. The van der Waals surface area contributed by atoms with E-state index in [9.17, 15) is 31.7 Å². The summed E-state index contributed by atoms with van der Waals surface area (Å²) in [6.45, 7) is -0.201. The van der Waals surface area contributed by atoms with E-state index in [1.54, 1.807) is 0 Å². The first-order chi connectivity index (χ1) is 13.9. The van der Waals surface area contributed by atoms with Gasteiger partial charge in [0.25, 0.3) is 25.1 Å². The average Bonchev–Trinajstić information content (AvgIpc) is 3.09. The largest absolute Gasteiger partial charge is 0.478 e. The zero-order chi connectivity index (χ0) is 22.5. The fourth-order valence-corrected chi connectivity index (χ4v) is 5.08. The monoisotopic (exact) mass is 481 g/mol. The number of primary sulfonamides is 1.